The van der Waals surface area contributed by atoms with Crippen LogP contribution in [0.3, 0.4) is 0 Å². The molecule has 3 aromatic rings. The van der Waals surface area contributed by atoms with E-state index in [-0.39, 0.29) is 27.3 Å². The van der Waals surface area contributed by atoms with Crippen LogP contribution in [0.2, 0.25) is 10.0 Å². The first-order valence-corrected chi connectivity index (χ1v) is 12.3. The summed E-state index contributed by atoms with van der Waals surface area (Å²) in [5.74, 6) is -0.185. The van der Waals surface area contributed by atoms with Crippen LogP contribution in [0.15, 0.2) is 18.2 Å². The lowest BCUT2D eigenvalue weighted by molar-refractivity contribution is 0.0894. The molecule has 2 atom stereocenters. The van der Waals surface area contributed by atoms with Gasteiger partial charge in [-0.25, -0.2) is 19.2 Å². The Morgan fingerprint density at radius 2 is 2.03 bits per heavy atom. The van der Waals surface area contributed by atoms with E-state index in [9.17, 15) is 9.59 Å². The molecule has 2 N–H and O–H groups in total. The third-order valence-corrected chi connectivity index (χ3v) is 7.45. The van der Waals surface area contributed by atoms with Gasteiger partial charge in [0.05, 0.1) is 42.5 Å². The second-order valence-electron chi connectivity index (χ2n) is 7.84. The highest BCUT2D eigenvalue weighted by atomic mass is 35.5. The number of halogens is 3. The van der Waals surface area contributed by atoms with Crippen molar-refractivity contribution in [2.75, 3.05) is 32.2 Å². The Bertz CT molecular complexity index is 1290. The number of pyridine rings is 1. The van der Waals surface area contributed by atoms with E-state index in [1.807, 2.05) is 0 Å². The molecule has 3 aromatic heterocycles. The molecular formula is C22H22Cl2FN5O5S. The zero-order valence-corrected chi connectivity index (χ0v) is 21.8. The van der Waals surface area contributed by atoms with Crippen molar-refractivity contribution in [2.45, 2.75) is 25.6 Å². The fraction of sp³-hybridized carbons (Fsp3) is 0.364. The summed E-state index contributed by atoms with van der Waals surface area (Å²) >= 11 is 13.2. The van der Waals surface area contributed by atoms with E-state index in [1.165, 1.54) is 14.2 Å². The minimum absolute atomic E-state index is 0.0423. The van der Waals surface area contributed by atoms with E-state index in [0.717, 1.165) is 11.3 Å². The standard InChI is InChI=1S/C22H22Cl2FN5O5S/c1-10-15(23)16(24)18(26-10)19(31)28-12-7-8-30(9-11(12)25)21-29-17(20(36-21)35-22(32)34-3)13-5-4-6-14(27-13)33-2/h4-6,11-12,26H,7-9H2,1-3H3,(H,28,31)/t11-,12+/m0/s1. The summed E-state index contributed by atoms with van der Waals surface area (Å²) in [6.07, 6.45) is -2.02. The Morgan fingerprint density at radius 1 is 1.25 bits per heavy atom. The smallest absolute Gasteiger partial charge is 0.481 e. The number of hydrogen-bond donors (Lipinski definition) is 2. The number of carbonyl (C=O) groups is 2. The van der Waals surface area contributed by atoms with Gasteiger partial charge in [-0.05, 0) is 19.4 Å². The number of aromatic amines is 1. The van der Waals surface area contributed by atoms with Crippen molar-refractivity contribution in [3.63, 3.8) is 0 Å². The van der Waals surface area contributed by atoms with Crippen LogP contribution in [0.1, 0.15) is 22.6 Å². The number of nitrogens with one attached hydrogen (secondary N) is 2. The molecule has 1 saturated heterocycles. The van der Waals surface area contributed by atoms with Crippen molar-refractivity contribution in [1.82, 2.24) is 20.3 Å². The predicted octanol–water partition coefficient (Wildman–Crippen LogP) is 4.65. The van der Waals surface area contributed by atoms with E-state index in [0.29, 0.717) is 41.1 Å². The summed E-state index contributed by atoms with van der Waals surface area (Å²) < 4.78 is 30.2. The molecular weight excluding hydrogens is 536 g/mol. The van der Waals surface area contributed by atoms with Gasteiger partial charge in [0.15, 0.2) is 5.13 Å². The Labute approximate surface area is 219 Å². The highest BCUT2D eigenvalue weighted by molar-refractivity contribution is 7.18. The molecule has 0 unspecified atom stereocenters. The van der Waals surface area contributed by atoms with Gasteiger partial charge in [-0.15, -0.1) is 0 Å². The minimum Gasteiger partial charge on any atom is -0.481 e. The molecule has 0 aromatic carbocycles. The molecule has 192 valence electrons. The van der Waals surface area contributed by atoms with Crippen LogP contribution in [-0.4, -0.2) is 66.5 Å². The van der Waals surface area contributed by atoms with Crippen molar-refractivity contribution in [2.24, 2.45) is 0 Å². The number of alkyl halides is 1. The maximum absolute atomic E-state index is 15.2. The van der Waals surface area contributed by atoms with E-state index in [4.69, 9.17) is 32.7 Å². The van der Waals surface area contributed by atoms with Crippen LogP contribution in [-0.2, 0) is 4.74 Å². The molecule has 36 heavy (non-hydrogen) atoms. The van der Waals surface area contributed by atoms with E-state index in [1.54, 1.807) is 30.0 Å². The molecule has 1 fully saturated rings. The Morgan fingerprint density at radius 3 is 2.67 bits per heavy atom. The van der Waals surface area contributed by atoms with E-state index in [2.05, 4.69) is 25.0 Å². The largest absolute Gasteiger partial charge is 0.514 e. The SMILES string of the molecule is COC(=O)Oc1sc(N2CC[C@@H](NC(=O)c3[nH]c(C)c(Cl)c3Cl)[C@@H](F)C2)nc1-c1cccc(OC)n1. The lowest BCUT2D eigenvalue weighted by atomic mass is 10.0. The first kappa shape index (κ1) is 26.0. The van der Waals surface area contributed by atoms with Gasteiger partial charge in [0, 0.05) is 18.3 Å². The number of methoxy groups -OCH3 is 2. The van der Waals surface area contributed by atoms with Crippen LogP contribution < -0.4 is 19.7 Å². The first-order chi connectivity index (χ1) is 17.2. The first-order valence-electron chi connectivity index (χ1n) is 10.7. The number of anilines is 1. The summed E-state index contributed by atoms with van der Waals surface area (Å²) in [5.41, 5.74) is 1.34. The predicted molar refractivity (Wildman–Crippen MR) is 133 cm³/mol. The van der Waals surface area contributed by atoms with Gasteiger partial charge in [0.25, 0.3) is 5.91 Å². The summed E-state index contributed by atoms with van der Waals surface area (Å²) in [5, 5.41) is 3.61. The molecule has 1 aliphatic heterocycles. The fourth-order valence-corrected chi connectivity index (χ4v) is 5.02. The number of thiazole rings is 1. The molecule has 1 amide bonds. The van der Waals surface area contributed by atoms with E-state index < -0.39 is 24.3 Å². The Balaban J connectivity index is 1.51. The van der Waals surface area contributed by atoms with Gasteiger partial charge in [-0.3, -0.25) is 4.79 Å². The summed E-state index contributed by atoms with van der Waals surface area (Å²) in [6, 6.07) is 4.33. The number of aryl methyl sites for hydroxylation is 1. The lowest BCUT2D eigenvalue weighted by Gasteiger charge is -2.34. The number of aromatic nitrogens is 3. The molecule has 14 heteroatoms. The second kappa shape index (κ2) is 10.9. The average molecular weight is 558 g/mol. The third kappa shape index (κ3) is 5.35. The Kier molecular flexibility index (Phi) is 7.86. The van der Waals surface area contributed by atoms with Crippen LogP contribution in [0.5, 0.6) is 10.9 Å². The van der Waals surface area contributed by atoms with E-state index >= 15 is 4.39 Å². The van der Waals surface area contributed by atoms with Crippen molar-refractivity contribution in [3.05, 3.63) is 39.6 Å². The number of hydrogen-bond acceptors (Lipinski definition) is 9. The topological polar surface area (TPSA) is 119 Å². The van der Waals surface area contributed by atoms with Crippen molar-refractivity contribution >= 4 is 51.7 Å². The van der Waals surface area contributed by atoms with Crippen LogP contribution in [0.4, 0.5) is 14.3 Å². The molecule has 4 rings (SSSR count). The molecule has 0 radical (unpaired) electrons. The van der Waals surface area contributed by atoms with Crippen molar-refractivity contribution in [1.29, 1.82) is 0 Å². The Hall–Kier alpha value is -3.09. The molecule has 10 nitrogen and oxygen atoms in total. The summed E-state index contributed by atoms with van der Waals surface area (Å²) in [4.78, 5) is 37.9. The molecule has 1 aliphatic rings. The number of nitrogens with zero attached hydrogens (tertiary/aromatic N) is 3. The van der Waals surface area contributed by atoms with Crippen molar-refractivity contribution < 1.29 is 28.2 Å². The molecule has 0 bridgehead atoms. The zero-order valence-electron chi connectivity index (χ0n) is 19.4. The molecule has 4 heterocycles. The molecule has 0 aliphatic carbocycles. The monoisotopic (exact) mass is 557 g/mol. The molecule has 0 spiro atoms. The number of rotatable bonds is 6. The van der Waals surface area contributed by atoms with Crippen LogP contribution in [0, 0.1) is 6.92 Å². The normalized spacial score (nSPS) is 17.6. The maximum Gasteiger partial charge on any atom is 0.514 e. The van der Waals surface area contributed by atoms with Gasteiger partial charge in [0.2, 0.25) is 10.9 Å². The molecule has 0 saturated carbocycles. The van der Waals surface area contributed by atoms with Crippen LogP contribution >= 0.6 is 34.5 Å². The zero-order chi connectivity index (χ0) is 26.0. The third-order valence-electron chi connectivity index (χ3n) is 5.51. The van der Waals surface area contributed by atoms with Gasteiger partial charge < -0.3 is 29.4 Å². The minimum atomic E-state index is -1.40. The number of piperidine rings is 1. The number of ether oxygens (including phenoxy) is 3. The van der Waals surface area contributed by atoms with Gasteiger partial charge >= 0.3 is 6.16 Å². The summed E-state index contributed by atoms with van der Waals surface area (Å²) in [7, 11) is 2.67. The van der Waals surface area contributed by atoms with Gasteiger partial charge in [0.1, 0.15) is 17.6 Å². The van der Waals surface area contributed by atoms with Crippen molar-refractivity contribution in [3.8, 4) is 22.3 Å². The fourth-order valence-electron chi connectivity index (χ4n) is 3.65. The van der Waals surface area contributed by atoms with Crippen LogP contribution in [0.25, 0.3) is 11.4 Å². The average Bonchev–Trinajstić information content (AvgIpc) is 3.41. The highest BCUT2D eigenvalue weighted by Crippen LogP contribution is 2.40. The van der Waals surface area contributed by atoms with Gasteiger partial charge in [-0.2, -0.15) is 0 Å². The highest BCUT2D eigenvalue weighted by Gasteiger charge is 2.34. The summed E-state index contributed by atoms with van der Waals surface area (Å²) in [6.45, 7) is 2.03. The lowest BCUT2D eigenvalue weighted by Crippen LogP contribution is -2.52. The number of carbonyl (C=O) groups excluding carboxylic acids is 2. The maximum atomic E-state index is 15.2. The number of amides is 1. The second-order valence-corrected chi connectivity index (χ2v) is 9.53. The quantitative estimate of drug-likeness (QED) is 0.420. The number of H-pyrrole nitrogens is 1. The van der Waals surface area contributed by atoms with Gasteiger partial charge in [-0.1, -0.05) is 40.6 Å².